The van der Waals surface area contributed by atoms with Crippen LogP contribution in [0.15, 0.2) is 39.6 Å². The van der Waals surface area contributed by atoms with Gasteiger partial charge in [-0.15, -0.1) is 0 Å². The van der Waals surface area contributed by atoms with Crippen molar-refractivity contribution in [3.05, 3.63) is 55.3 Å². The van der Waals surface area contributed by atoms with E-state index in [2.05, 4.69) is 25.9 Å². The van der Waals surface area contributed by atoms with E-state index in [1.165, 1.54) is 7.11 Å². The van der Waals surface area contributed by atoms with Crippen LogP contribution in [0.4, 0.5) is 5.69 Å². The summed E-state index contributed by atoms with van der Waals surface area (Å²) in [6.45, 7) is 0. The molecule has 24 heavy (non-hydrogen) atoms. The summed E-state index contributed by atoms with van der Waals surface area (Å²) >= 11 is 3.10. The van der Waals surface area contributed by atoms with Crippen molar-refractivity contribution in [2.45, 2.75) is 0 Å². The molecule has 0 bridgehead atoms. The van der Waals surface area contributed by atoms with Crippen LogP contribution in [0.5, 0.6) is 11.5 Å². The van der Waals surface area contributed by atoms with Gasteiger partial charge in [0.1, 0.15) is 10.3 Å². The molecule has 122 valence electrons. The summed E-state index contributed by atoms with van der Waals surface area (Å²) in [7, 11) is 1.27. The molecule has 2 aromatic carbocycles. The molecule has 0 amide bonds. The van der Waals surface area contributed by atoms with E-state index in [1.54, 1.807) is 24.3 Å². The van der Waals surface area contributed by atoms with Crippen LogP contribution in [-0.4, -0.2) is 27.1 Å². The van der Waals surface area contributed by atoms with Gasteiger partial charge in [-0.2, -0.15) is 0 Å². The average molecular weight is 392 g/mol. The van der Waals surface area contributed by atoms with Gasteiger partial charge < -0.3 is 14.8 Å². The quantitative estimate of drug-likeness (QED) is 0.523. The van der Waals surface area contributed by atoms with Crippen LogP contribution < -0.4 is 10.3 Å². The molecule has 0 radical (unpaired) electrons. The van der Waals surface area contributed by atoms with Crippen molar-refractivity contribution in [3.63, 3.8) is 0 Å². The summed E-state index contributed by atoms with van der Waals surface area (Å²) in [5.41, 5.74) is -0.375. The number of rotatable bonds is 3. The highest BCUT2D eigenvalue weighted by Crippen LogP contribution is 2.46. The van der Waals surface area contributed by atoms with Gasteiger partial charge in [0.15, 0.2) is 11.5 Å². The zero-order valence-electron chi connectivity index (χ0n) is 12.2. The number of hydrogen-bond acceptors (Lipinski definition) is 6. The van der Waals surface area contributed by atoms with Crippen molar-refractivity contribution in [2.24, 2.45) is 0 Å². The number of H-pyrrole nitrogens is 1. The Balaban J connectivity index is 2.39. The minimum atomic E-state index is -0.630. The van der Waals surface area contributed by atoms with Crippen molar-refractivity contribution >= 4 is 32.5 Å². The molecule has 0 aliphatic rings. The van der Waals surface area contributed by atoms with E-state index < -0.39 is 10.5 Å². The van der Waals surface area contributed by atoms with Gasteiger partial charge >= 0.3 is 0 Å². The lowest BCUT2D eigenvalue weighted by Crippen LogP contribution is -2.10. The van der Waals surface area contributed by atoms with E-state index in [1.807, 2.05) is 0 Å². The lowest BCUT2D eigenvalue weighted by Gasteiger charge is -2.11. The Kier molecular flexibility index (Phi) is 3.94. The van der Waals surface area contributed by atoms with Crippen molar-refractivity contribution in [2.75, 3.05) is 7.11 Å². The molecule has 0 aliphatic carbocycles. The fourth-order valence-electron chi connectivity index (χ4n) is 2.32. The van der Waals surface area contributed by atoms with Crippen molar-refractivity contribution in [3.8, 4) is 22.9 Å². The van der Waals surface area contributed by atoms with Crippen LogP contribution >= 0.6 is 15.9 Å². The molecule has 0 aliphatic heterocycles. The third-order valence-corrected chi connectivity index (χ3v) is 4.25. The second-order valence-corrected chi connectivity index (χ2v) is 5.62. The zero-order valence-corrected chi connectivity index (χ0v) is 13.8. The molecule has 0 fully saturated rings. The number of phenols is 1. The van der Waals surface area contributed by atoms with Crippen LogP contribution in [0.2, 0.25) is 0 Å². The molecule has 1 heterocycles. The first-order valence-corrected chi connectivity index (χ1v) is 7.46. The SMILES string of the molecule is COc1cc([N+](=O)[O-])c(Br)c(-c2nc3ccccc3c(=O)[nH]2)c1O. The number of nitrogens with zero attached hydrogens (tertiary/aromatic N) is 2. The van der Waals surface area contributed by atoms with Gasteiger partial charge in [0.25, 0.3) is 11.2 Å². The Morgan fingerprint density at radius 3 is 2.75 bits per heavy atom. The van der Waals surface area contributed by atoms with E-state index in [0.29, 0.717) is 10.9 Å². The zero-order chi connectivity index (χ0) is 17.4. The van der Waals surface area contributed by atoms with Gasteiger partial charge in [0.05, 0.1) is 34.6 Å². The first-order chi connectivity index (χ1) is 11.4. The highest BCUT2D eigenvalue weighted by Gasteiger charge is 2.26. The van der Waals surface area contributed by atoms with Gasteiger partial charge in [-0.05, 0) is 28.1 Å². The summed E-state index contributed by atoms with van der Waals surface area (Å²) in [5, 5.41) is 21.9. The van der Waals surface area contributed by atoms with E-state index >= 15 is 0 Å². The standard InChI is InChI=1S/C15H10BrN3O5/c1-24-10-6-9(19(22)23)12(16)11(13(10)20)14-17-8-5-3-2-4-7(8)15(21)18-14/h2-6,20H,1H3,(H,17,18,21). The average Bonchev–Trinajstić information content (AvgIpc) is 2.55. The lowest BCUT2D eigenvalue weighted by atomic mass is 10.1. The molecule has 0 saturated heterocycles. The van der Waals surface area contributed by atoms with Crippen molar-refractivity contribution in [1.82, 2.24) is 9.97 Å². The summed E-state index contributed by atoms with van der Waals surface area (Å²) in [6, 6.07) is 7.73. The molecule has 3 aromatic rings. The van der Waals surface area contributed by atoms with Crippen molar-refractivity contribution in [1.29, 1.82) is 0 Å². The van der Waals surface area contributed by atoms with E-state index in [4.69, 9.17) is 4.74 Å². The summed E-state index contributed by atoms with van der Waals surface area (Å²) in [6.07, 6.45) is 0. The van der Waals surface area contributed by atoms with Gasteiger partial charge in [-0.25, -0.2) is 4.98 Å². The third-order valence-electron chi connectivity index (χ3n) is 3.45. The molecular formula is C15H10BrN3O5. The number of nitro groups is 1. The van der Waals surface area contributed by atoms with E-state index in [-0.39, 0.29) is 33.0 Å². The van der Waals surface area contributed by atoms with Crippen molar-refractivity contribution < 1.29 is 14.8 Å². The minimum Gasteiger partial charge on any atom is -0.504 e. The predicted octanol–water partition coefficient (Wildman–Crippen LogP) is 2.98. The number of aromatic hydroxyl groups is 1. The molecular weight excluding hydrogens is 382 g/mol. The van der Waals surface area contributed by atoms with Crippen LogP contribution in [0.1, 0.15) is 0 Å². The largest absolute Gasteiger partial charge is 0.504 e. The molecule has 9 heteroatoms. The number of aromatic nitrogens is 2. The number of benzene rings is 2. The van der Waals surface area contributed by atoms with Crippen LogP contribution in [0.25, 0.3) is 22.3 Å². The number of ether oxygens (including phenoxy) is 1. The molecule has 1 aromatic heterocycles. The maximum atomic E-state index is 12.2. The smallest absolute Gasteiger partial charge is 0.288 e. The second kappa shape index (κ2) is 5.93. The number of phenolic OH excluding ortho intramolecular Hbond substituents is 1. The number of methoxy groups -OCH3 is 1. The summed E-state index contributed by atoms with van der Waals surface area (Å²) in [5.74, 6) is -0.478. The molecule has 0 spiro atoms. The Hall–Kier alpha value is -2.94. The van der Waals surface area contributed by atoms with Gasteiger partial charge in [-0.3, -0.25) is 14.9 Å². The monoisotopic (exact) mass is 391 g/mol. The van der Waals surface area contributed by atoms with Gasteiger partial charge in [-0.1, -0.05) is 12.1 Å². The predicted molar refractivity (Wildman–Crippen MR) is 90.4 cm³/mol. The number of fused-ring (bicyclic) bond motifs is 1. The van der Waals surface area contributed by atoms with E-state index in [0.717, 1.165) is 6.07 Å². The third kappa shape index (κ3) is 2.48. The Morgan fingerprint density at radius 1 is 1.38 bits per heavy atom. The first kappa shape index (κ1) is 15.9. The van der Waals surface area contributed by atoms with Gasteiger partial charge in [0, 0.05) is 0 Å². The number of aromatic amines is 1. The molecule has 0 unspecified atom stereocenters. The Morgan fingerprint density at radius 2 is 2.08 bits per heavy atom. The van der Waals surface area contributed by atoms with E-state index in [9.17, 15) is 20.0 Å². The minimum absolute atomic E-state index is 0.00919. The van der Waals surface area contributed by atoms with Gasteiger partial charge in [0.2, 0.25) is 0 Å². The molecule has 8 nitrogen and oxygen atoms in total. The Bertz CT molecular complexity index is 1030. The number of para-hydroxylation sites is 1. The lowest BCUT2D eigenvalue weighted by molar-refractivity contribution is -0.385. The number of halogens is 1. The molecule has 0 saturated carbocycles. The molecule has 3 rings (SSSR count). The molecule has 2 N–H and O–H groups in total. The van der Waals surface area contributed by atoms with Crippen LogP contribution in [-0.2, 0) is 0 Å². The number of hydrogen-bond donors (Lipinski definition) is 2. The normalized spacial score (nSPS) is 10.8. The highest BCUT2D eigenvalue weighted by molar-refractivity contribution is 9.10. The fraction of sp³-hybridized carbons (Fsp3) is 0.0667. The van der Waals surface area contributed by atoms with Crippen LogP contribution in [0.3, 0.4) is 0 Å². The second-order valence-electron chi connectivity index (χ2n) is 4.82. The first-order valence-electron chi connectivity index (χ1n) is 6.67. The topological polar surface area (TPSA) is 118 Å². The summed E-state index contributed by atoms with van der Waals surface area (Å²) in [4.78, 5) is 29.6. The highest BCUT2D eigenvalue weighted by atomic mass is 79.9. The maximum absolute atomic E-state index is 12.2. The Labute approximate surface area is 143 Å². The number of nitrogens with one attached hydrogen (secondary N) is 1. The number of nitro benzene ring substituents is 1. The molecule has 0 atom stereocenters. The fourth-order valence-corrected chi connectivity index (χ4v) is 2.96. The summed E-state index contributed by atoms with van der Waals surface area (Å²) < 4.78 is 4.97. The van der Waals surface area contributed by atoms with Crippen LogP contribution in [0, 0.1) is 10.1 Å². The maximum Gasteiger partial charge on any atom is 0.288 e.